The summed E-state index contributed by atoms with van der Waals surface area (Å²) in [4.78, 5) is 25.3. The molecule has 2 N–H and O–H groups in total. The van der Waals surface area contributed by atoms with Gasteiger partial charge in [0.05, 0.1) is 17.1 Å². The quantitative estimate of drug-likeness (QED) is 0.282. The fourth-order valence-corrected chi connectivity index (χ4v) is 3.79. The number of amides is 1. The standard InChI is InChI=1S/C22H20FN7O2/c1-3-17(29-32)18-4-11(2)15(9-24-18)13-5-12-8-25-20(28-22(31)14-6-16(14)23)7-19(12)30-21(13)26-10-27-30/h4-5,7-10,14,16,32H,3,6H2,1-2H3,(H,25,28,31)/b29-17-/t14-,16+/m0/s1. The van der Waals surface area contributed by atoms with Crippen molar-refractivity contribution in [1.29, 1.82) is 0 Å². The Morgan fingerprint density at radius 1 is 1.25 bits per heavy atom. The first kappa shape index (κ1) is 20.0. The largest absolute Gasteiger partial charge is 0.411 e. The molecule has 9 nitrogen and oxygen atoms in total. The summed E-state index contributed by atoms with van der Waals surface area (Å²) in [5, 5.41) is 20.3. The van der Waals surface area contributed by atoms with Gasteiger partial charge in [0.15, 0.2) is 5.65 Å². The second-order valence-electron chi connectivity index (χ2n) is 7.81. The predicted molar refractivity (Wildman–Crippen MR) is 117 cm³/mol. The number of alkyl halides is 1. The van der Waals surface area contributed by atoms with Crippen molar-refractivity contribution in [2.45, 2.75) is 32.9 Å². The molecular weight excluding hydrogens is 413 g/mol. The number of aromatic nitrogens is 5. The molecule has 1 fully saturated rings. The molecule has 0 bridgehead atoms. The second kappa shape index (κ2) is 7.63. The molecule has 0 saturated heterocycles. The molecule has 32 heavy (non-hydrogen) atoms. The van der Waals surface area contributed by atoms with E-state index in [9.17, 15) is 14.4 Å². The van der Waals surface area contributed by atoms with Crippen LogP contribution in [0.1, 0.15) is 31.0 Å². The van der Waals surface area contributed by atoms with E-state index >= 15 is 0 Å². The number of oxime groups is 1. The Labute approximate surface area is 182 Å². The second-order valence-corrected chi connectivity index (χ2v) is 7.81. The summed E-state index contributed by atoms with van der Waals surface area (Å²) in [5.74, 6) is -0.622. The molecule has 0 unspecified atom stereocenters. The smallest absolute Gasteiger partial charge is 0.231 e. The molecule has 1 aliphatic carbocycles. The number of rotatable bonds is 5. The number of pyridine rings is 3. The zero-order valence-electron chi connectivity index (χ0n) is 17.4. The molecule has 1 saturated carbocycles. The third-order valence-electron chi connectivity index (χ3n) is 5.68. The van der Waals surface area contributed by atoms with Crippen molar-refractivity contribution in [2.75, 3.05) is 5.32 Å². The summed E-state index contributed by atoms with van der Waals surface area (Å²) in [6, 6.07) is 5.52. The minimum absolute atomic E-state index is 0.256. The number of nitrogens with one attached hydrogen (secondary N) is 1. The number of hydrogen-bond acceptors (Lipinski definition) is 7. The summed E-state index contributed by atoms with van der Waals surface area (Å²) < 4.78 is 14.8. The van der Waals surface area contributed by atoms with Gasteiger partial charge in [0.2, 0.25) is 5.91 Å². The van der Waals surface area contributed by atoms with Crippen molar-refractivity contribution >= 4 is 34.0 Å². The fraction of sp³-hybridized carbons (Fsp3) is 0.273. The topological polar surface area (TPSA) is 118 Å². The van der Waals surface area contributed by atoms with Crippen LogP contribution in [-0.4, -0.2) is 47.6 Å². The van der Waals surface area contributed by atoms with Crippen molar-refractivity contribution in [3.05, 3.63) is 48.2 Å². The predicted octanol–water partition coefficient (Wildman–Crippen LogP) is 3.53. The molecule has 0 radical (unpaired) electrons. The molecule has 4 heterocycles. The van der Waals surface area contributed by atoms with E-state index in [2.05, 4.69) is 30.5 Å². The molecule has 4 aromatic heterocycles. The maximum absolute atomic E-state index is 13.2. The first-order valence-corrected chi connectivity index (χ1v) is 10.3. The van der Waals surface area contributed by atoms with E-state index in [0.717, 1.165) is 22.1 Å². The Bertz CT molecular complexity index is 1400. The van der Waals surface area contributed by atoms with E-state index in [1.807, 2.05) is 26.0 Å². The van der Waals surface area contributed by atoms with Gasteiger partial charge in [-0.05, 0) is 37.5 Å². The number of fused-ring (bicyclic) bond motifs is 3. The highest BCUT2D eigenvalue weighted by atomic mass is 19.1. The lowest BCUT2D eigenvalue weighted by atomic mass is 10.0. The van der Waals surface area contributed by atoms with Crippen molar-refractivity contribution in [3.63, 3.8) is 0 Å². The lowest BCUT2D eigenvalue weighted by Gasteiger charge is -2.12. The minimum Gasteiger partial charge on any atom is -0.411 e. The first-order chi connectivity index (χ1) is 15.5. The van der Waals surface area contributed by atoms with E-state index in [1.54, 1.807) is 23.0 Å². The molecular formula is C22H20FN7O2. The molecule has 5 rings (SSSR count). The zero-order chi connectivity index (χ0) is 22.4. The van der Waals surface area contributed by atoms with Gasteiger partial charge in [-0.2, -0.15) is 5.10 Å². The van der Waals surface area contributed by atoms with Crippen LogP contribution < -0.4 is 5.32 Å². The Morgan fingerprint density at radius 3 is 2.75 bits per heavy atom. The molecule has 10 heteroatoms. The summed E-state index contributed by atoms with van der Waals surface area (Å²) in [5.41, 5.74) is 5.08. The number of halogens is 1. The van der Waals surface area contributed by atoms with Crippen LogP contribution in [0.15, 0.2) is 42.1 Å². The Kier molecular flexibility index (Phi) is 4.76. The van der Waals surface area contributed by atoms with Gasteiger partial charge in [-0.3, -0.25) is 9.78 Å². The zero-order valence-corrected chi connectivity index (χ0v) is 17.4. The SMILES string of the molecule is CC/C(=N/O)c1cc(C)c(-c2cc3cnc(NC(=O)[C@H]4C[C@H]4F)cc3n3ncnc23)cn1. The van der Waals surface area contributed by atoms with Crippen LogP contribution in [0.25, 0.3) is 27.7 Å². The van der Waals surface area contributed by atoms with Crippen LogP contribution in [0.5, 0.6) is 0 Å². The van der Waals surface area contributed by atoms with E-state index in [4.69, 9.17) is 0 Å². The maximum atomic E-state index is 13.2. The first-order valence-electron chi connectivity index (χ1n) is 10.3. The Morgan fingerprint density at radius 2 is 2.06 bits per heavy atom. The van der Waals surface area contributed by atoms with Crippen molar-refractivity contribution in [2.24, 2.45) is 11.1 Å². The molecule has 0 spiro atoms. The van der Waals surface area contributed by atoms with Gasteiger partial charge in [-0.15, -0.1) is 0 Å². The Balaban J connectivity index is 1.58. The molecule has 0 aromatic carbocycles. The third kappa shape index (κ3) is 3.33. The average molecular weight is 433 g/mol. The lowest BCUT2D eigenvalue weighted by Crippen LogP contribution is -2.16. The van der Waals surface area contributed by atoms with Gasteiger partial charge >= 0.3 is 0 Å². The van der Waals surface area contributed by atoms with Crippen LogP contribution in [0.3, 0.4) is 0 Å². The molecule has 0 aliphatic heterocycles. The van der Waals surface area contributed by atoms with Crippen molar-refractivity contribution < 1.29 is 14.4 Å². The Hall–Kier alpha value is -3.95. The summed E-state index contributed by atoms with van der Waals surface area (Å²) in [6.07, 6.45) is 4.57. The van der Waals surface area contributed by atoms with E-state index in [0.29, 0.717) is 34.8 Å². The number of anilines is 1. The average Bonchev–Trinajstić information content (AvgIpc) is 3.31. The number of hydrogen-bond donors (Lipinski definition) is 2. The van der Waals surface area contributed by atoms with Crippen molar-refractivity contribution in [3.8, 4) is 11.1 Å². The van der Waals surface area contributed by atoms with Crippen molar-refractivity contribution in [1.82, 2.24) is 24.6 Å². The lowest BCUT2D eigenvalue weighted by molar-refractivity contribution is -0.117. The summed E-state index contributed by atoms with van der Waals surface area (Å²) in [6.45, 7) is 3.85. The fourth-order valence-electron chi connectivity index (χ4n) is 3.79. The number of aryl methyl sites for hydroxylation is 1. The van der Waals surface area contributed by atoms with E-state index < -0.39 is 12.1 Å². The molecule has 162 valence electrons. The van der Waals surface area contributed by atoms with Gasteiger partial charge in [0, 0.05) is 35.0 Å². The molecule has 1 aliphatic rings. The van der Waals surface area contributed by atoms with Crippen LogP contribution >= 0.6 is 0 Å². The van der Waals surface area contributed by atoms with E-state index in [1.165, 1.54) is 6.33 Å². The minimum atomic E-state index is -1.07. The maximum Gasteiger partial charge on any atom is 0.231 e. The van der Waals surface area contributed by atoms with Gasteiger partial charge in [0.25, 0.3) is 0 Å². The number of carbonyl (C=O) groups is 1. The molecule has 4 aromatic rings. The third-order valence-corrected chi connectivity index (χ3v) is 5.68. The molecule has 1 amide bonds. The van der Waals surface area contributed by atoms with Crippen LogP contribution in [-0.2, 0) is 4.79 Å². The highest BCUT2D eigenvalue weighted by Crippen LogP contribution is 2.35. The highest BCUT2D eigenvalue weighted by molar-refractivity contribution is 6.00. The van der Waals surface area contributed by atoms with Gasteiger partial charge in [-0.25, -0.2) is 18.9 Å². The van der Waals surface area contributed by atoms with Gasteiger partial charge in [0.1, 0.15) is 24.0 Å². The van der Waals surface area contributed by atoms with Crippen LogP contribution in [0, 0.1) is 12.8 Å². The molecule has 2 atom stereocenters. The summed E-state index contributed by atoms with van der Waals surface area (Å²) in [7, 11) is 0. The van der Waals surface area contributed by atoms with Crippen LogP contribution in [0.2, 0.25) is 0 Å². The van der Waals surface area contributed by atoms with E-state index in [-0.39, 0.29) is 12.3 Å². The van der Waals surface area contributed by atoms with Gasteiger partial charge < -0.3 is 10.5 Å². The summed E-state index contributed by atoms with van der Waals surface area (Å²) >= 11 is 0. The normalized spacial score (nSPS) is 18.3. The number of nitrogens with zero attached hydrogens (tertiary/aromatic N) is 6. The highest BCUT2D eigenvalue weighted by Gasteiger charge is 2.43. The van der Waals surface area contributed by atoms with Crippen LogP contribution in [0.4, 0.5) is 10.2 Å². The number of carbonyl (C=O) groups excluding carboxylic acids is 1. The monoisotopic (exact) mass is 433 g/mol. The van der Waals surface area contributed by atoms with Gasteiger partial charge in [-0.1, -0.05) is 12.1 Å².